The Kier molecular flexibility index (Phi) is 3.97. The minimum absolute atomic E-state index is 0.0360. The van der Waals surface area contributed by atoms with Crippen LogP contribution in [0.15, 0.2) is 24.4 Å². The number of fused-ring (bicyclic) bond motifs is 2. The highest BCUT2D eigenvalue weighted by atomic mass is 16.2. The molecule has 7 heteroatoms. The summed E-state index contributed by atoms with van der Waals surface area (Å²) in [6.07, 6.45) is 3.94. The van der Waals surface area contributed by atoms with E-state index < -0.39 is 0 Å². The predicted octanol–water partition coefficient (Wildman–Crippen LogP) is 2.19. The summed E-state index contributed by atoms with van der Waals surface area (Å²) in [6, 6.07) is 6.19. The summed E-state index contributed by atoms with van der Waals surface area (Å²) in [7, 11) is 0. The Morgan fingerprint density at radius 1 is 1.26 bits per heavy atom. The van der Waals surface area contributed by atoms with Crippen molar-refractivity contribution in [3.63, 3.8) is 0 Å². The summed E-state index contributed by atoms with van der Waals surface area (Å²) < 4.78 is 2.09. The van der Waals surface area contributed by atoms with Crippen molar-refractivity contribution in [1.82, 2.24) is 29.7 Å². The van der Waals surface area contributed by atoms with Crippen LogP contribution >= 0.6 is 0 Å². The number of rotatable bonds is 2. The lowest BCUT2D eigenvalue weighted by Gasteiger charge is -2.31. The van der Waals surface area contributed by atoms with Gasteiger partial charge in [0.2, 0.25) is 0 Å². The molecule has 1 atom stereocenters. The zero-order valence-corrected chi connectivity index (χ0v) is 15.5. The van der Waals surface area contributed by atoms with Crippen LogP contribution in [0.3, 0.4) is 0 Å². The second kappa shape index (κ2) is 6.49. The molecule has 2 N–H and O–H groups in total. The molecule has 1 fully saturated rings. The van der Waals surface area contributed by atoms with Crippen LogP contribution in [0, 0.1) is 6.92 Å². The fraction of sp³-hybridized carbons (Fsp3) is 0.450. The number of hydrogen-bond donors (Lipinski definition) is 2. The number of H-pyrrole nitrogens is 1. The van der Waals surface area contributed by atoms with Gasteiger partial charge in [-0.3, -0.25) is 4.79 Å². The molecule has 2 aliphatic rings. The first kappa shape index (κ1) is 16.5. The maximum atomic E-state index is 13.0. The van der Waals surface area contributed by atoms with Gasteiger partial charge in [-0.2, -0.15) is 0 Å². The van der Waals surface area contributed by atoms with Crippen LogP contribution in [0.1, 0.15) is 46.5 Å². The Bertz CT molecular complexity index is 980. The number of benzene rings is 1. The van der Waals surface area contributed by atoms with Gasteiger partial charge in [-0.05, 0) is 31.4 Å². The van der Waals surface area contributed by atoms with Gasteiger partial charge in [0.25, 0.3) is 5.91 Å². The average Bonchev–Trinajstić information content (AvgIpc) is 3.32. The molecule has 27 heavy (non-hydrogen) atoms. The molecule has 2 aliphatic heterocycles. The van der Waals surface area contributed by atoms with Gasteiger partial charge in [-0.25, -0.2) is 9.97 Å². The molecule has 1 aromatic carbocycles. The molecular weight excluding hydrogens is 340 g/mol. The Balaban J connectivity index is 1.37. The highest BCUT2D eigenvalue weighted by Crippen LogP contribution is 2.28. The third-order valence-corrected chi connectivity index (χ3v) is 5.72. The number of nitrogens with one attached hydrogen (secondary N) is 2. The molecular formula is C20H24N6O. The molecule has 4 heterocycles. The monoisotopic (exact) mass is 364 g/mol. The number of imidazole rings is 2. The summed E-state index contributed by atoms with van der Waals surface area (Å²) in [4.78, 5) is 27.8. The van der Waals surface area contributed by atoms with Gasteiger partial charge in [-0.15, -0.1) is 0 Å². The van der Waals surface area contributed by atoms with Gasteiger partial charge in [0.05, 0.1) is 17.6 Å². The van der Waals surface area contributed by atoms with Crippen LogP contribution in [0.4, 0.5) is 0 Å². The average molecular weight is 364 g/mol. The number of amides is 1. The number of aromatic nitrogens is 4. The standard InChI is InChI=1S/C20H24N6O/c1-13-4-2-6-15-18(13)24-19(23-15)14-5-3-8-26(11-14)20(27)16-12-25-9-7-21-10-17(25)22-16/h2,4,6,12,14,21H,3,5,7-11H2,1H3,(H,23,24)/t14-/m0/s1. The first-order valence-electron chi connectivity index (χ1n) is 9.70. The van der Waals surface area contributed by atoms with Crippen LogP contribution in [-0.4, -0.2) is 50.0 Å². The number of likely N-dealkylation sites (tertiary alicyclic amines) is 1. The van der Waals surface area contributed by atoms with Gasteiger partial charge in [0, 0.05) is 38.3 Å². The summed E-state index contributed by atoms with van der Waals surface area (Å²) in [5.41, 5.74) is 3.85. The van der Waals surface area contributed by atoms with Crippen molar-refractivity contribution in [2.75, 3.05) is 19.6 Å². The number of para-hydroxylation sites is 1. The number of nitrogens with zero attached hydrogens (tertiary/aromatic N) is 4. The van der Waals surface area contributed by atoms with E-state index in [4.69, 9.17) is 4.98 Å². The van der Waals surface area contributed by atoms with Gasteiger partial charge >= 0.3 is 0 Å². The topological polar surface area (TPSA) is 78.8 Å². The molecule has 0 aliphatic carbocycles. The van der Waals surface area contributed by atoms with Crippen LogP contribution < -0.4 is 5.32 Å². The molecule has 0 radical (unpaired) electrons. The van der Waals surface area contributed by atoms with E-state index >= 15 is 0 Å². The van der Waals surface area contributed by atoms with E-state index in [9.17, 15) is 4.79 Å². The van der Waals surface area contributed by atoms with Crippen molar-refractivity contribution in [3.05, 3.63) is 47.3 Å². The maximum absolute atomic E-state index is 13.0. The van der Waals surface area contributed by atoms with Gasteiger partial charge in [0.15, 0.2) is 0 Å². The Labute approximate surface area is 157 Å². The minimum atomic E-state index is 0.0360. The van der Waals surface area contributed by atoms with Crippen LogP contribution in [0.25, 0.3) is 11.0 Å². The predicted molar refractivity (Wildman–Crippen MR) is 103 cm³/mol. The Hall–Kier alpha value is -2.67. The van der Waals surface area contributed by atoms with Gasteiger partial charge in [0.1, 0.15) is 17.3 Å². The lowest BCUT2D eigenvalue weighted by Crippen LogP contribution is -2.39. The summed E-state index contributed by atoms with van der Waals surface area (Å²) in [5, 5.41) is 3.30. The SMILES string of the molecule is Cc1cccc2[nH]c([C@H]3CCCN(C(=O)c4cn5c(n4)CNCC5)C3)nc12. The second-order valence-corrected chi connectivity index (χ2v) is 7.60. The highest BCUT2D eigenvalue weighted by Gasteiger charge is 2.29. The highest BCUT2D eigenvalue weighted by molar-refractivity contribution is 5.92. The zero-order chi connectivity index (χ0) is 18.4. The third kappa shape index (κ3) is 2.92. The fourth-order valence-corrected chi connectivity index (χ4v) is 4.23. The number of aryl methyl sites for hydroxylation is 1. The van der Waals surface area contributed by atoms with E-state index in [1.807, 2.05) is 17.2 Å². The minimum Gasteiger partial charge on any atom is -0.342 e. The smallest absolute Gasteiger partial charge is 0.274 e. The molecule has 0 unspecified atom stereocenters. The number of aromatic amines is 1. The molecule has 7 nitrogen and oxygen atoms in total. The van der Waals surface area contributed by atoms with Crippen molar-refractivity contribution in [1.29, 1.82) is 0 Å². The zero-order valence-electron chi connectivity index (χ0n) is 15.5. The summed E-state index contributed by atoms with van der Waals surface area (Å²) in [5.74, 6) is 2.22. The lowest BCUT2D eigenvalue weighted by molar-refractivity contribution is 0.0699. The quantitative estimate of drug-likeness (QED) is 0.731. The molecule has 3 aromatic rings. The van der Waals surface area contributed by atoms with Crippen LogP contribution in [0.2, 0.25) is 0 Å². The molecule has 140 valence electrons. The van der Waals surface area contributed by atoms with E-state index in [1.54, 1.807) is 0 Å². The van der Waals surface area contributed by atoms with Crippen molar-refractivity contribution in [2.24, 2.45) is 0 Å². The first-order chi connectivity index (χ1) is 13.2. The van der Waals surface area contributed by atoms with Gasteiger partial charge < -0.3 is 19.8 Å². The summed E-state index contributed by atoms with van der Waals surface area (Å²) >= 11 is 0. The second-order valence-electron chi connectivity index (χ2n) is 7.60. The molecule has 0 saturated carbocycles. The van der Waals surface area contributed by atoms with Crippen molar-refractivity contribution in [3.8, 4) is 0 Å². The normalized spacial score (nSPS) is 20.0. The first-order valence-corrected chi connectivity index (χ1v) is 9.70. The van der Waals surface area contributed by atoms with Crippen molar-refractivity contribution in [2.45, 2.75) is 38.8 Å². The van der Waals surface area contributed by atoms with E-state index in [0.717, 1.165) is 61.7 Å². The van der Waals surface area contributed by atoms with Crippen LogP contribution in [0.5, 0.6) is 0 Å². The Morgan fingerprint density at radius 2 is 2.19 bits per heavy atom. The third-order valence-electron chi connectivity index (χ3n) is 5.72. The van der Waals surface area contributed by atoms with Crippen LogP contribution in [-0.2, 0) is 13.1 Å². The number of piperidine rings is 1. The van der Waals surface area contributed by atoms with E-state index in [1.165, 1.54) is 5.56 Å². The number of hydrogen-bond acceptors (Lipinski definition) is 4. The summed E-state index contributed by atoms with van der Waals surface area (Å²) in [6.45, 7) is 6.09. The lowest BCUT2D eigenvalue weighted by atomic mass is 9.97. The molecule has 1 amide bonds. The molecule has 0 spiro atoms. The van der Waals surface area contributed by atoms with E-state index in [0.29, 0.717) is 12.2 Å². The van der Waals surface area contributed by atoms with Gasteiger partial charge in [-0.1, -0.05) is 12.1 Å². The Morgan fingerprint density at radius 3 is 3.04 bits per heavy atom. The fourth-order valence-electron chi connectivity index (χ4n) is 4.23. The van der Waals surface area contributed by atoms with Crippen molar-refractivity contribution >= 4 is 16.9 Å². The number of carbonyl (C=O) groups is 1. The molecule has 5 rings (SSSR count). The maximum Gasteiger partial charge on any atom is 0.274 e. The number of carbonyl (C=O) groups excluding carboxylic acids is 1. The molecule has 1 saturated heterocycles. The largest absolute Gasteiger partial charge is 0.342 e. The van der Waals surface area contributed by atoms with E-state index in [2.05, 4.69) is 38.9 Å². The molecule has 2 aromatic heterocycles. The van der Waals surface area contributed by atoms with Crippen molar-refractivity contribution < 1.29 is 4.79 Å². The molecule has 0 bridgehead atoms. The van der Waals surface area contributed by atoms with E-state index in [-0.39, 0.29) is 11.8 Å².